The number of benzene rings is 1. The number of carbonyl (C=O) groups excluding carboxylic acids is 1. The molecule has 1 aromatic rings. The molecule has 0 aromatic heterocycles. The molecule has 0 saturated heterocycles. The van der Waals surface area contributed by atoms with Gasteiger partial charge in [-0.3, -0.25) is 8.98 Å². The van der Waals surface area contributed by atoms with Gasteiger partial charge in [0.15, 0.2) is 0 Å². The highest BCUT2D eigenvalue weighted by molar-refractivity contribution is 7.86. The van der Waals surface area contributed by atoms with Gasteiger partial charge in [0.2, 0.25) is 5.91 Å². The fourth-order valence-corrected chi connectivity index (χ4v) is 8.03. The van der Waals surface area contributed by atoms with Gasteiger partial charge in [0.1, 0.15) is 0 Å². The lowest BCUT2D eigenvalue weighted by Crippen LogP contribution is -2.49. The first-order valence-corrected chi connectivity index (χ1v) is 14.4. The van der Waals surface area contributed by atoms with E-state index in [1.165, 1.54) is 38.5 Å². The number of unbranched alkanes of at least 4 members (excludes halogenated alkanes) is 3. The number of hydrogen-bond acceptors (Lipinski definition) is 4. The molecule has 6 heteroatoms. The fraction of sp³-hybridized carbons (Fsp3) is 0.741. The summed E-state index contributed by atoms with van der Waals surface area (Å²) in [6.45, 7) is 4.08. The molecule has 1 unspecified atom stereocenters. The van der Waals surface area contributed by atoms with Crippen molar-refractivity contribution in [1.29, 1.82) is 0 Å². The molecule has 1 atom stereocenters. The Morgan fingerprint density at radius 1 is 1.03 bits per heavy atom. The third kappa shape index (κ3) is 6.39. The largest absolute Gasteiger partial charge is 0.351 e. The second-order valence-corrected chi connectivity index (χ2v) is 12.9. The van der Waals surface area contributed by atoms with Crippen molar-refractivity contribution in [3.63, 3.8) is 0 Å². The standard InChI is InChI=1S/C27H41NO4S/c1-3-4-5-6-7-24(19-32-33(30,31)25-10-8-20(2)9-11-25)28-26(29)18-27-15-21-12-22(16-27)14-23(13-21)17-27/h8-11,21-24H,3-7,12-19H2,1-2H3,(H,28,29). The zero-order valence-corrected chi connectivity index (χ0v) is 21.2. The molecule has 184 valence electrons. The third-order valence-corrected chi connectivity index (χ3v) is 9.50. The molecule has 5 nitrogen and oxygen atoms in total. The number of amides is 1. The smallest absolute Gasteiger partial charge is 0.297 e. The van der Waals surface area contributed by atoms with Crippen LogP contribution in [0.15, 0.2) is 29.2 Å². The number of carbonyl (C=O) groups is 1. The Bertz CT molecular complexity index is 873. The van der Waals surface area contributed by atoms with E-state index in [4.69, 9.17) is 4.18 Å². The Labute approximate surface area is 200 Å². The SMILES string of the molecule is CCCCCCC(COS(=O)(=O)c1ccc(C)cc1)NC(=O)CC12CC3CC(CC(C3)C1)C2. The molecule has 4 saturated carbocycles. The molecule has 5 rings (SSSR count). The van der Waals surface area contributed by atoms with Gasteiger partial charge in [-0.1, -0.05) is 50.3 Å². The van der Waals surface area contributed by atoms with Gasteiger partial charge in [-0.2, -0.15) is 8.42 Å². The van der Waals surface area contributed by atoms with Gasteiger partial charge in [-0.05, 0) is 87.2 Å². The topological polar surface area (TPSA) is 72.5 Å². The van der Waals surface area contributed by atoms with Crippen LogP contribution in [-0.4, -0.2) is 27.0 Å². The molecule has 4 bridgehead atoms. The monoisotopic (exact) mass is 475 g/mol. The van der Waals surface area contributed by atoms with Crippen LogP contribution >= 0.6 is 0 Å². The number of rotatable bonds is 12. The molecule has 0 radical (unpaired) electrons. The van der Waals surface area contributed by atoms with Crippen molar-refractivity contribution < 1.29 is 17.4 Å². The molecule has 1 aromatic carbocycles. The van der Waals surface area contributed by atoms with E-state index in [1.54, 1.807) is 24.3 Å². The molecule has 4 aliphatic rings. The van der Waals surface area contributed by atoms with Crippen molar-refractivity contribution in [2.24, 2.45) is 23.2 Å². The summed E-state index contributed by atoms with van der Waals surface area (Å²) in [7, 11) is -3.84. The van der Waals surface area contributed by atoms with Crippen molar-refractivity contribution in [3.8, 4) is 0 Å². The summed E-state index contributed by atoms with van der Waals surface area (Å²) in [5.41, 5.74) is 1.18. The van der Waals surface area contributed by atoms with Crippen LogP contribution in [0, 0.1) is 30.1 Å². The van der Waals surface area contributed by atoms with Crippen LogP contribution in [0.3, 0.4) is 0 Å². The van der Waals surface area contributed by atoms with Crippen molar-refractivity contribution in [3.05, 3.63) is 29.8 Å². The van der Waals surface area contributed by atoms with Gasteiger partial charge in [-0.25, -0.2) is 0 Å². The van der Waals surface area contributed by atoms with E-state index < -0.39 is 10.1 Å². The average molecular weight is 476 g/mol. The summed E-state index contributed by atoms with van der Waals surface area (Å²) in [6.07, 6.45) is 13.4. The summed E-state index contributed by atoms with van der Waals surface area (Å²) in [4.78, 5) is 13.3. The highest BCUT2D eigenvalue weighted by atomic mass is 32.2. The van der Waals surface area contributed by atoms with E-state index in [0.29, 0.717) is 6.42 Å². The van der Waals surface area contributed by atoms with Crippen molar-refractivity contribution >= 4 is 16.0 Å². The Balaban J connectivity index is 1.35. The summed E-state index contributed by atoms with van der Waals surface area (Å²) in [5.74, 6) is 2.53. The molecule has 1 amide bonds. The molecule has 4 aliphatic carbocycles. The summed E-state index contributed by atoms with van der Waals surface area (Å²) >= 11 is 0. The summed E-state index contributed by atoms with van der Waals surface area (Å²) in [6, 6.07) is 6.42. The van der Waals surface area contributed by atoms with Crippen molar-refractivity contribution in [2.45, 2.75) is 102 Å². The summed E-state index contributed by atoms with van der Waals surface area (Å²) in [5, 5.41) is 3.17. The lowest BCUT2D eigenvalue weighted by Gasteiger charge is -2.56. The van der Waals surface area contributed by atoms with Crippen LogP contribution in [0.2, 0.25) is 0 Å². The fourth-order valence-electron chi connectivity index (χ4n) is 7.09. The zero-order chi connectivity index (χ0) is 23.5. The van der Waals surface area contributed by atoms with E-state index in [9.17, 15) is 13.2 Å². The molecule has 0 heterocycles. The number of aryl methyl sites for hydroxylation is 1. The minimum absolute atomic E-state index is 0.00501. The van der Waals surface area contributed by atoms with Gasteiger partial charge >= 0.3 is 0 Å². The van der Waals surface area contributed by atoms with Gasteiger partial charge in [0.25, 0.3) is 10.1 Å². The Hall–Kier alpha value is -1.40. The lowest BCUT2D eigenvalue weighted by molar-refractivity contribution is -0.130. The van der Waals surface area contributed by atoms with Gasteiger partial charge in [0, 0.05) is 6.42 Å². The van der Waals surface area contributed by atoms with Crippen LogP contribution in [0.5, 0.6) is 0 Å². The quantitative estimate of drug-likeness (QED) is 0.308. The first-order chi connectivity index (χ1) is 15.8. The van der Waals surface area contributed by atoms with Crippen molar-refractivity contribution in [1.82, 2.24) is 5.32 Å². The molecule has 0 spiro atoms. The predicted molar refractivity (Wildman–Crippen MR) is 130 cm³/mol. The van der Waals surface area contributed by atoms with Crippen LogP contribution in [0.4, 0.5) is 0 Å². The van der Waals surface area contributed by atoms with Crippen LogP contribution < -0.4 is 5.32 Å². The van der Waals surface area contributed by atoms with Crippen molar-refractivity contribution in [2.75, 3.05) is 6.61 Å². The first kappa shape index (κ1) is 24.7. The van der Waals surface area contributed by atoms with Gasteiger partial charge < -0.3 is 5.32 Å². The molecular weight excluding hydrogens is 434 g/mol. The maximum atomic E-state index is 13.1. The maximum Gasteiger partial charge on any atom is 0.297 e. The lowest BCUT2D eigenvalue weighted by atomic mass is 9.49. The van der Waals surface area contributed by atoms with E-state index in [-0.39, 0.29) is 28.9 Å². The number of hydrogen-bond donors (Lipinski definition) is 1. The average Bonchev–Trinajstić information content (AvgIpc) is 2.74. The third-order valence-electron chi connectivity index (χ3n) is 8.21. The Morgan fingerprint density at radius 3 is 2.21 bits per heavy atom. The second kappa shape index (κ2) is 10.5. The van der Waals surface area contributed by atoms with E-state index in [0.717, 1.165) is 55.4 Å². The highest BCUT2D eigenvalue weighted by Gasteiger charge is 2.51. The van der Waals surface area contributed by atoms with E-state index >= 15 is 0 Å². The Kier molecular flexibility index (Phi) is 7.84. The minimum Gasteiger partial charge on any atom is -0.351 e. The van der Waals surface area contributed by atoms with Crippen LogP contribution in [-0.2, 0) is 19.1 Å². The van der Waals surface area contributed by atoms with E-state index in [2.05, 4.69) is 12.2 Å². The van der Waals surface area contributed by atoms with E-state index in [1.807, 2.05) is 6.92 Å². The minimum atomic E-state index is -3.84. The normalized spacial score (nSPS) is 29.2. The maximum absolute atomic E-state index is 13.1. The molecule has 1 N–H and O–H groups in total. The molecule has 0 aliphatic heterocycles. The molecule has 4 fully saturated rings. The number of nitrogens with one attached hydrogen (secondary N) is 1. The summed E-state index contributed by atoms with van der Waals surface area (Å²) < 4.78 is 30.8. The molecular formula is C27H41NO4S. The second-order valence-electron chi connectivity index (χ2n) is 11.3. The Morgan fingerprint density at radius 2 is 1.64 bits per heavy atom. The van der Waals surface area contributed by atoms with Gasteiger partial charge in [-0.15, -0.1) is 0 Å². The zero-order valence-electron chi connectivity index (χ0n) is 20.4. The van der Waals surface area contributed by atoms with Gasteiger partial charge in [0.05, 0.1) is 17.5 Å². The first-order valence-electron chi connectivity index (χ1n) is 13.0. The highest BCUT2D eigenvalue weighted by Crippen LogP contribution is 2.61. The van der Waals surface area contributed by atoms with Crippen LogP contribution in [0.25, 0.3) is 0 Å². The van der Waals surface area contributed by atoms with Crippen LogP contribution in [0.1, 0.15) is 89.5 Å². The predicted octanol–water partition coefficient (Wildman–Crippen LogP) is 5.76. The molecule has 33 heavy (non-hydrogen) atoms.